The second-order valence-electron chi connectivity index (χ2n) is 6.54. The summed E-state index contributed by atoms with van der Waals surface area (Å²) in [7, 11) is 1.84. The van der Waals surface area contributed by atoms with E-state index < -0.39 is 0 Å². The average Bonchev–Trinajstić information content (AvgIpc) is 3.04. The first-order valence-electron chi connectivity index (χ1n) is 8.26. The van der Waals surface area contributed by atoms with Gasteiger partial charge in [-0.2, -0.15) is 11.8 Å². The molecule has 1 aromatic carbocycles. The van der Waals surface area contributed by atoms with Crippen molar-refractivity contribution in [3.05, 3.63) is 42.4 Å². The van der Waals surface area contributed by atoms with Crippen molar-refractivity contribution < 1.29 is 0 Å². The zero-order chi connectivity index (χ0) is 17.0. The Hall–Kier alpha value is -1.95. The maximum Gasteiger partial charge on any atom is 0.194 e. The second-order valence-corrected chi connectivity index (χ2v) is 8.34. The highest BCUT2D eigenvalue weighted by Gasteiger charge is 2.28. The van der Waals surface area contributed by atoms with Gasteiger partial charge in [-0.1, -0.05) is 30.3 Å². The van der Waals surface area contributed by atoms with Crippen LogP contribution in [-0.2, 0) is 6.54 Å². The predicted octanol–water partition coefficient (Wildman–Crippen LogP) is 2.98. The Kier molecular flexibility index (Phi) is 5.14. The highest BCUT2D eigenvalue weighted by atomic mass is 32.2. The van der Waals surface area contributed by atoms with Crippen molar-refractivity contribution in [2.75, 3.05) is 25.9 Å². The number of H-pyrrole nitrogens is 1. The van der Waals surface area contributed by atoms with Crippen LogP contribution in [0, 0.1) is 0 Å². The molecule has 1 fully saturated rings. The Labute approximate surface area is 148 Å². The third-order valence-electron chi connectivity index (χ3n) is 4.06. The van der Waals surface area contributed by atoms with E-state index in [0.717, 1.165) is 41.9 Å². The van der Waals surface area contributed by atoms with Gasteiger partial charge in [0.05, 0.1) is 18.4 Å². The molecule has 3 rings (SSSR count). The highest BCUT2D eigenvalue weighted by Crippen LogP contribution is 2.29. The maximum atomic E-state index is 4.48. The summed E-state index contributed by atoms with van der Waals surface area (Å²) in [5.74, 6) is 2.99. The number of thioether (sulfide) groups is 1. The number of nitrogens with one attached hydrogen (secondary N) is 2. The lowest BCUT2D eigenvalue weighted by Crippen LogP contribution is -2.50. The highest BCUT2D eigenvalue weighted by molar-refractivity contribution is 8.00. The Bertz CT molecular complexity index is 692. The average molecular weight is 344 g/mol. The fourth-order valence-electron chi connectivity index (χ4n) is 2.91. The zero-order valence-corrected chi connectivity index (χ0v) is 15.4. The molecule has 6 heteroatoms. The molecule has 2 N–H and O–H groups in total. The summed E-state index contributed by atoms with van der Waals surface area (Å²) >= 11 is 2.02. The minimum absolute atomic E-state index is 0.265. The van der Waals surface area contributed by atoms with Crippen molar-refractivity contribution in [1.82, 2.24) is 20.2 Å². The zero-order valence-electron chi connectivity index (χ0n) is 14.5. The van der Waals surface area contributed by atoms with E-state index in [-0.39, 0.29) is 4.75 Å². The first-order valence-corrected chi connectivity index (χ1v) is 9.25. The van der Waals surface area contributed by atoms with Crippen LogP contribution < -0.4 is 5.32 Å². The van der Waals surface area contributed by atoms with Gasteiger partial charge in [0, 0.05) is 30.6 Å². The first-order chi connectivity index (χ1) is 11.6. The van der Waals surface area contributed by atoms with Crippen LogP contribution >= 0.6 is 11.8 Å². The summed E-state index contributed by atoms with van der Waals surface area (Å²) in [6, 6.07) is 10.2. The largest absolute Gasteiger partial charge is 0.349 e. The topological polar surface area (TPSA) is 56.3 Å². The summed E-state index contributed by atoms with van der Waals surface area (Å²) in [6.45, 7) is 7.25. The van der Waals surface area contributed by atoms with Gasteiger partial charge in [-0.15, -0.1) is 0 Å². The van der Waals surface area contributed by atoms with E-state index in [1.807, 2.05) is 43.2 Å². The molecule has 1 saturated heterocycles. The molecule has 0 saturated carbocycles. The molecule has 0 unspecified atom stereocenters. The van der Waals surface area contributed by atoms with Crippen LogP contribution in [0.15, 0.2) is 41.5 Å². The van der Waals surface area contributed by atoms with Gasteiger partial charge in [0.1, 0.15) is 5.82 Å². The van der Waals surface area contributed by atoms with Crippen molar-refractivity contribution in [3.63, 3.8) is 0 Å². The van der Waals surface area contributed by atoms with Crippen LogP contribution in [0.2, 0.25) is 0 Å². The van der Waals surface area contributed by atoms with Crippen LogP contribution in [-0.4, -0.2) is 51.5 Å². The number of imidazole rings is 1. The van der Waals surface area contributed by atoms with E-state index in [4.69, 9.17) is 0 Å². The predicted molar refractivity (Wildman–Crippen MR) is 102 cm³/mol. The smallest absolute Gasteiger partial charge is 0.194 e. The molecule has 1 aliphatic rings. The molecule has 1 aromatic heterocycles. The summed E-state index contributed by atoms with van der Waals surface area (Å²) in [4.78, 5) is 14.6. The van der Waals surface area contributed by atoms with Gasteiger partial charge in [0.2, 0.25) is 0 Å². The lowest BCUT2D eigenvalue weighted by atomic mass is 10.2. The molecule has 0 radical (unpaired) electrons. The Morgan fingerprint density at radius 1 is 1.38 bits per heavy atom. The minimum Gasteiger partial charge on any atom is -0.349 e. The van der Waals surface area contributed by atoms with Gasteiger partial charge < -0.3 is 15.2 Å². The van der Waals surface area contributed by atoms with Crippen LogP contribution in [0.3, 0.4) is 0 Å². The van der Waals surface area contributed by atoms with E-state index >= 15 is 0 Å². The van der Waals surface area contributed by atoms with Crippen molar-refractivity contribution in [2.24, 2.45) is 4.99 Å². The Morgan fingerprint density at radius 2 is 2.17 bits per heavy atom. The van der Waals surface area contributed by atoms with Gasteiger partial charge in [0.15, 0.2) is 5.96 Å². The van der Waals surface area contributed by atoms with Crippen LogP contribution in [0.4, 0.5) is 0 Å². The van der Waals surface area contributed by atoms with Crippen molar-refractivity contribution in [1.29, 1.82) is 0 Å². The molecule has 5 nitrogen and oxygen atoms in total. The van der Waals surface area contributed by atoms with Gasteiger partial charge in [-0.25, -0.2) is 4.98 Å². The van der Waals surface area contributed by atoms with Crippen molar-refractivity contribution in [3.8, 4) is 11.3 Å². The molecule has 24 heavy (non-hydrogen) atoms. The monoisotopic (exact) mass is 343 g/mol. The van der Waals surface area contributed by atoms with E-state index in [2.05, 4.69) is 51.2 Å². The Morgan fingerprint density at radius 3 is 2.88 bits per heavy atom. The number of aromatic amines is 1. The van der Waals surface area contributed by atoms with E-state index in [1.165, 1.54) is 0 Å². The van der Waals surface area contributed by atoms with Crippen molar-refractivity contribution in [2.45, 2.75) is 25.1 Å². The number of rotatable bonds is 3. The SMILES string of the molecule is CN=C(NCc1ncc(-c2ccccc2)[nH]1)N1CCSC(C)(C)C1. The lowest BCUT2D eigenvalue weighted by molar-refractivity contribution is 0.375. The minimum atomic E-state index is 0.265. The number of hydrogen-bond donors (Lipinski definition) is 2. The fraction of sp³-hybridized carbons (Fsp3) is 0.444. The summed E-state index contributed by atoms with van der Waals surface area (Å²) in [5, 5.41) is 3.43. The van der Waals surface area contributed by atoms with Gasteiger partial charge in [-0.3, -0.25) is 4.99 Å². The lowest BCUT2D eigenvalue weighted by Gasteiger charge is -2.39. The van der Waals surface area contributed by atoms with Crippen LogP contribution in [0.5, 0.6) is 0 Å². The molecule has 0 spiro atoms. The normalized spacial score (nSPS) is 17.8. The molecule has 0 aliphatic carbocycles. The molecule has 128 valence electrons. The Balaban J connectivity index is 1.61. The van der Waals surface area contributed by atoms with E-state index in [1.54, 1.807) is 0 Å². The summed E-state index contributed by atoms with van der Waals surface area (Å²) in [6.07, 6.45) is 1.88. The molecule has 0 amide bonds. The molecule has 2 heterocycles. The maximum absolute atomic E-state index is 4.48. The van der Waals surface area contributed by atoms with E-state index in [0.29, 0.717) is 6.54 Å². The first kappa shape index (κ1) is 16.9. The fourth-order valence-corrected chi connectivity index (χ4v) is 4.02. The van der Waals surface area contributed by atoms with E-state index in [9.17, 15) is 0 Å². The molecular formula is C18H25N5S. The number of guanidine groups is 1. The van der Waals surface area contributed by atoms with Gasteiger partial charge in [0.25, 0.3) is 0 Å². The van der Waals surface area contributed by atoms with Crippen LogP contribution in [0.25, 0.3) is 11.3 Å². The number of aliphatic imine (C=N–C) groups is 1. The number of hydrogen-bond acceptors (Lipinski definition) is 3. The van der Waals surface area contributed by atoms with Gasteiger partial charge >= 0.3 is 0 Å². The number of aromatic nitrogens is 2. The standard InChI is InChI=1S/C18H25N5S/c1-18(2)13-23(9-10-24-18)17(19-3)21-12-16-20-11-15(22-16)14-7-5-4-6-8-14/h4-8,11H,9-10,12-13H2,1-3H3,(H,19,21)(H,20,22). The number of nitrogens with zero attached hydrogens (tertiary/aromatic N) is 3. The summed E-state index contributed by atoms with van der Waals surface area (Å²) < 4.78 is 0.265. The molecule has 0 bridgehead atoms. The third kappa shape index (κ3) is 4.12. The second kappa shape index (κ2) is 7.30. The van der Waals surface area contributed by atoms with Crippen LogP contribution in [0.1, 0.15) is 19.7 Å². The molecule has 2 aromatic rings. The number of benzene rings is 1. The van der Waals surface area contributed by atoms with Gasteiger partial charge in [-0.05, 0) is 19.4 Å². The molecule has 0 atom stereocenters. The molecule has 1 aliphatic heterocycles. The van der Waals surface area contributed by atoms with Crippen molar-refractivity contribution >= 4 is 17.7 Å². The quantitative estimate of drug-likeness (QED) is 0.664. The molecular weight excluding hydrogens is 318 g/mol. The summed E-state index contributed by atoms with van der Waals surface area (Å²) in [5.41, 5.74) is 2.19. The third-order valence-corrected chi connectivity index (χ3v) is 5.36.